The molecule has 0 aromatic carbocycles. The summed E-state index contributed by atoms with van der Waals surface area (Å²) in [4.78, 5) is 32.0. The third-order valence-corrected chi connectivity index (χ3v) is 4.59. The number of carbonyl (C=O) groups excluding carboxylic acids is 2. The molecule has 2 amide bonds. The highest BCUT2D eigenvalue weighted by Crippen LogP contribution is 2.12. The SMILES string of the molecule is Cc1nc(CSCC(=O)N2CCCN(C(=O)OCC(C)C)CC2)no1. The lowest BCUT2D eigenvalue weighted by Gasteiger charge is -2.22. The highest BCUT2D eigenvalue weighted by molar-refractivity contribution is 7.99. The van der Waals surface area contributed by atoms with Crippen LogP contribution < -0.4 is 0 Å². The van der Waals surface area contributed by atoms with E-state index in [-0.39, 0.29) is 12.0 Å². The summed E-state index contributed by atoms with van der Waals surface area (Å²) in [6.07, 6.45) is 0.474. The maximum atomic E-state index is 12.3. The van der Waals surface area contributed by atoms with Crippen LogP contribution in [0.2, 0.25) is 0 Å². The Hall–Kier alpha value is -1.77. The Morgan fingerprint density at radius 3 is 2.64 bits per heavy atom. The second kappa shape index (κ2) is 9.65. The summed E-state index contributed by atoms with van der Waals surface area (Å²) in [6.45, 7) is 8.50. The zero-order chi connectivity index (χ0) is 18.2. The molecule has 1 aliphatic heterocycles. The zero-order valence-electron chi connectivity index (χ0n) is 15.1. The Labute approximate surface area is 152 Å². The molecule has 0 aliphatic carbocycles. The highest BCUT2D eigenvalue weighted by Gasteiger charge is 2.23. The first-order valence-corrected chi connectivity index (χ1v) is 9.67. The lowest BCUT2D eigenvalue weighted by Crippen LogP contribution is -2.38. The van der Waals surface area contributed by atoms with E-state index in [1.165, 1.54) is 11.8 Å². The zero-order valence-corrected chi connectivity index (χ0v) is 15.9. The smallest absolute Gasteiger partial charge is 0.409 e. The van der Waals surface area contributed by atoms with Crippen LogP contribution in [-0.2, 0) is 15.3 Å². The van der Waals surface area contributed by atoms with E-state index in [0.29, 0.717) is 61.9 Å². The van der Waals surface area contributed by atoms with Crippen molar-refractivity contribution in [2.24, 2.45) is 5.92 Å². The number of ether oxygens (including phenoxy) is 1. The van der Waals surface area contributed by atoms with Crippen molar-refractivity contribution in [3.05, 3.63) is 11.7 Å². The molecule has 1 fully saturated rings. The van der Waals surface area contributed by atoms with Gasteiger partial charge in [0.1, 0.15) is 0 Å². The highest BCUT2D eigenvalue weighted by atomic mass is 32.2. The fourth-order valence-corrected chi connectivity index (χ4v) is 3.16. The van der Waals surface area contributed by atoms with Crippen LogP contribution in [0.3, 0.4) is 0 Å². The molecule has 0 atom stereocenters. The third-order valence-electron chi connectivity index (χ3n) is 3.67. The van der Waals surface area contributed by atoms with Crippen LogP contribution in [-0.4, -0.2) is 70.5 Å². The molecule has 1 aromatic heterocycles. The molecule has 0 radical (unpaired) electrons. The van der Waals surface area contributed by atoms with Gasteiger partial charge in [0, 0.05) is 33.1 Å². The molecule has 25 heavy (non-hydrogen) atoms. The summed E-state index contributed by atoms with van der Waals surface area (Å²) in [5.74, 6) is 2.43. The van der Waals surface area contributed by atoms with Crippen LogP contribution in [0.5, 0.6) is 0 Å². The second-order valence-corrected chi connectivity index (χ2v) is 7.40. The minimum atomic E-state index is -0.287. The Bertz CT molecular complexity index is 578. The van der Waals surface area contributed by atoms with Gasteiger partial charge in [-0.25, -0.2) is 4.79 Å². The number of rotatable bonds is 6. The maximum Gasteiger partial charge on any atom is 0.409 e. The first-order chi connectivity index (χ1) is 12.0. The predicted molar refractivity (Wildman–Crippen MR) is 94.2 cm³/mol. The average molecular weight is 370 g/mol. The first-order valence-electron chi connectivity index (χ1n) is 8.52. The van der Waals surface area contributed by atoms with Gasteiger partial charge < -0.3 is 19.1 Å². The fourth-order valence-electron chi connectivity index (χ4n) is 2.40. The van der Waals surface area contributed by atoms with Gasteiger partial charge in [-0.15, -0.1) is 11.8 Å². The summed E-state index contributed by atoms with van der Waals surface area (Å²) in [6, 6.07) is 0. The molecule has 1 saturated heterocycles. The van der Waals surface area contributed by atoms with Crippen LogP contribution in [0.25, 0.3) is 0 Å². The van der Waals surface area contributed by atoms with Gasteiger partial charge in [0.2, 0.25) is 11.8 Å². The van der Waals surface area contributed by atoms with E-state index in [4.69, 9.17) is 9.26 Å². The summed E-state index contributed by atoms with van der Waals surface area (Å²) in [7, 11) is 0. The average Bonchev–Trinajstić information content (AvgIpc) is 2.84. The molecule has 2 heterocycles. The van der Waals surface area contributed by atoms with E-state index >= 15 is 0 Å². The lowest BCUT2D eigenvalue weighted by atomic mass is 10.2. The van der Waals surface area contributed by atoms with Crippen LogP contribution in [0.15, 0.2) is 4.52 Å². The fraction of sp³-hybridized carbons (Fsp3) is 0.750. The monoisotopic (exact) mass is 370 g/mol. The van der Waals surface area contributed by atoms with Crippen molar-refractivity contribution in [1.29, 1.82) is 0 Å². The minimum absolute atomic E-state index is 0.0719. The summed E-state index contributed by atoms with van der Waals surface area (Å²) in [5.41, 5.74) is 0. The molecule has 0 spiro atoms. The molecule has 1 aliphatic rings. The Balaban J connectivity index is 1.71. The molecule has 1 aromatic rings. The van der Waals surface area contributed by atoms with Gasteiger partial charge in [-0.05, 0) is 12.3 Å². The number of aryl methyl sites for hydroxylation is 1. The molecular weight excluding hydrogens is 344 g/mol. The van der Waals surface area contributed by atoms with E-state index in [0.717, 1.165) is 6.42 Å². The van der Waals surface area contributed by atoms with Crippen molar-refractivity contribution in [1.82, 2.24) is 19.9 Å². The largest absolute Gasteiger partial charge is 0.449 e. The van der Waals surface area contributed by atoms with Crippen molar-refractivity contribution in [2.45, 2.75) is 32.9 Å². The summed E-state index contributed by atoms with van der Waals surface area (Å²) in [5, 5.41) is 3.81. The lowest BCUT2D eigenvalue weighted by molar-refractivity contribution is -0.128. The number of aromatic nitrogens is 2. The summed E-state index contributed by atoms with van der Waals surface area (Å²) >= 11 is 1.47. The number of amides is 2. The van der Waals surface area contributed by atoms with Crippen LogP contribution in [0.1, 0.15) is 32.0 Å². The number of hydrogen-bond donors (Lipinski definition) is 0. The normalized spacial score (nSPS) is 15.4. The van der Waals surface area contributed by atoms with Gasteiger partial charge in [0.05, 0.1) is 18.1 Å². The van der Waals surface area contributed by atoms with Crippen molar-refractivity contribution < 1.29 is 18.8 Å². The van der Waals surface area contributed by atoms with E-state index in [1.807, 2.05) is 18.7 Å². The predicted octanol–water partition coefficient (Wildman–Crippen LogP) is 1.94. The van der Waals surface area contributed by atoms with E-state index < -0.39 is 0 Å². The molecule has 8 nitrogen and oxygen atoms in total. The molecule has 2 rings (SSSR count). The van der Waals surface area contributed by atoms with Crippen molar-refractivity contribution in [3.63, 3.8) is 0 Å². The Morgan fingerprint density at radius 1 is 1.24 bits per heavy atom. The number of nitrogens with zero attached hydrogens (tertiary/aromatic N) is 4. The van der Waals surface area contributed by atoms with E-state index in [1.54, 1.807) is 11.8 Å². The van der Waals surface area contributed by atoms with Crippen molar-refractivity contribution in [3.8, 4) is 0 Å². The molecule has 0 N–H and O–H groups in total. The second-order valence-electron chi connectivity index (χ2n) is 6.41. The Kier molecular flexibility index (Phi) is 7.54. The molecular formula is C16H26N4O4S. The van der Waals surface area contributed by atoms with Crippen LogP contribution in [0.4, 0.5) is 4.79 Å². The quantitative estimate of drug-likeness (QED) is 0.756. The van der Waals surface area contributed by atoms with Crippen molar-refractivity contribution >= 4 is 23.8 Å². The number of hydrogen-bond acceptors (Lipinski definition) is 7. The molecule has 0 bridgehead atoms. The van der Waals surface area contributed by atoms with Gasteiger partial charge in [0.25, 0.3) is 0 Å². The number of carbonyl (C=O) groups is 2. The molecule has 9 heteroatoms. The van der Waals surface area contributed by atoms with E-state index in [9.17, 15) is 9.59 Å². The van der Waals surface area contributed by atoms with Gasteiger partial charge in [-0.1, -0.05) is 19.0 Å². The van der Waals surface area contributed by atoms with Gasteiger partial charge in [0.15, 0.2) is 5.82 Å². The van der Waals surface area contributed by atoms with Gasteiger partial charge in [-0.2, -0.15) is 4.98 Å². The van der Waals surface area contributed by atoms with Gasteiger partial charge >= 0.3 is 6.09 Å². The van der Waals surface area contributed by atoms with E-state index in [2.05, 4.69) is 10.1 Å². The van der Waals surface area contributed by atoms with Crippen LogP contribution >= 0.6 is 11.8 Å². The topological polar surface area (TPSA) is 88.8 Å². The van der Waals surface area contributed by atoms with Gasteiger partial charge in [-0.3, -0.25) is 4.79 Å². The number of thioether (sulfide) groups is 1. The van der Waals surface area contributed by atoms with Crippen LogP contribution in [0, 0.1) is 12.8 Å². The molecule has 0 unspecified atom stereocenters. The molecule has 0 saturated carbocycles. The van der Waals surface area contributed by atoms with Crippen molar-refractivity contribution in [2.75, 3.05) is 38.5 Å². The summed E-state index contributed by atoms with van der Waals surface area (Å²) < 4.78 is 10.2. The molecule has 140 valence electrons. The third kappa shape index (κ3) is 6.56. The maximum absolute atomic E-state index is 12.3. The minimum Gasteiger partial charge on any atom is -0.449 e. The Morgan fingerprint density at radius 2 is 1.96 bits per heavy atom. The first kappa shape index (κ1) is 19.6. The standard InChI is InChI=1S/C16H26N4O4S/c1-12(2)9-23-16(22)20-6-4-5-19(7-8-20)15(21)11-25-10-14-17-13(3)24-18-14/h12H,4-11H2,1-3H3.